The number of hydrogen-bond acceptors (Lipinski definition) is 4. The molecule has 0 saturated heterocycles. The Morgan fingerprint density at radius 1 is 1.24 bits per heavy atom. The molecule has 21 heavy (non-hydrogen) atoms. The Balaban J connectivity index is 2.28. The predicted octanol–water partition coefficient (Wildman–Crippen LogP) is 3.26. The fourth-order valence-corrected chi connectivity index (χ4v) is 1.69. The van der Waals surface area contributed by atoms with E-state index in [2.05, 4.69) is 0 Å². The molecule has 0 radical (unpaired) electrons. The Bertz CT molecular complexity index is 703. The first-order valence-corrected chi connectivity index (χ1v) is 5.82. The van der Waals surface area contributed by atoms with Crippen LogP contribution in [-0.4, -0.2) is 11.2 Å². The Labute approximate surface area is 117 Å². The highest BCUT2D eigenvalue weighted by Crippen LogP contribution is 2.28. The fraction of sp³-hybridized carbons (Fsp3) is 0.0714. The molecule has 7 heteroatoms. The van der Waals surface area contributed by atoms with Crippen LogP contribution in [0.25, 0.3) is 0 Å². The van der Waals surface area contributed by atoms with Crippen LogP contribution in [0.1, 0.15) is 15.9 Å². The van der Waals surface area contributed by atoms with Gasteiger partial charge < -0.3 is 4.74 Å². The number of carbonyl (C=O) groups excluding carboxylic acids is 1. The molecule has 0 aromatic heterocycles. The van der Waals surface area contributed by atoms with Crippen LogP contribution < -0.4 is 4.74 Å². The molecule has 0 unspecified atom stereocenters. The number of halogens is 2. The average molecular weight is 293 g/mol. The lowest BCUT2D eigenvalue weighted by molar-refractivity contribution is -0.385. The summed E-state index contributed by atoms with van der Waals surface area (Å²) >= 11 is 0. The van der Waals surface area contributed by atoms with E-state index in [1.807, 2.05) is 0 Å². The van der Waals surface area contributed by atoms with E-state index in [0.717, 1.165) is 12.1 Å². The van der Waals surface area contributed by atoms with Crippen molar-refractivity contribution in [3.8, 4) is 5.75 Å². The fourth-order valence-electron chi connectivity index (χ4n) is 1.69. The number of hydrogen-bond donors (Lipinski definition) is 0. The van der Waals surface area contributed by atoms with Crippen LogP contribution in [0.3, 0.4) is 0 Å². The Hall–Kier alpha value is -2.83. The molecule has 0 fully saturated rings. The summed E-state index contributed by atoms with van der Waals surface area (Å²) in [7, 11) is 0. The lowest BCUT2D eigenvalue weighted by Gasteiger charge is -2.08. The second kappa shape index (κ2) is 6.08. The third-order valence-corrected chi connectivity index (χ3v) is 2.73. The van der Waals surface area contributed by atoms with Crippen LogP contribution in [0.15, 0.2) is 36.4 Å². The van der Waals surface area contributed by atoms with Gasteiger partial charge in [0.25, 0.3) is 0 Å². The molecule has 0 N–H and O–H groups in total. The van der Waals surface area contributed by atoms with E-state index in [0.29, 0.717) is 6.29 Å². The molecule has 0 saturated carbocycles. The third kappa shape index (κ3) is 3.19. The summed E-state index contributed by atoms with van der Waals surface area (Å²) in [6.07, 6.45) is 0.499. The van der Waals surface area contributed by atoms with E-state index in [-0.39, 0.29) is 22.6 Å². The quantitative estimate of drug-likeness (QED) is 0.482. The minimum absolute atomic E-state index is 0.0826. The second-order valence-electron chi connectivity index (χ2n) is 4.10. The smallest absolute Gasteiger partial charge is 0.310 e. The van der Waals surface area contributed by atoms with Gasteiger partial charge in [-0.15, -0.1) is 0 Å². The van der Waals surface area contributed by atoms with Crippen molar-refractivity contribution in [3.05, 3.63) is 69.3 Å². The van der Waals surface area contributed by atoms with Crippen molar-refractivity contribution in [1.29, 1.82) is 0 Å². The number of benzene rings is 2. The van der Waals surface area contributed by atoms with Gasteiger partial charge in [-0.1, -0.05) is 12.1 Å². The summed E-state index contributed by atoms with van der Waals surface area (Å²) < 4.78 is 31.7. The van der Waals surface area contributed by atoms with Crippen molar-refractivity contribution in [2.45, 2.75) is 6.61 Å². The molecule has 108 valence electrons. The highest BCUT2D eigenvalue weighted by molar-refractivity contribution is 5.76. The summed E-state index contributed by atoms with van der Waals surface area (Å²) in [5.41, 5.74) is -0.270. The lowest BCUT2D eigenvalue weighted by atomic mass is 10.2. The van der Waals surface area contributed by atoms with Gasteiger partial charge in [-0.25, -0.2) is 8.78 Å². The largest absolute Gasteiger partial charge is 0.482 e. The zero-order valence-corrected chi connectivity index (χ0v) is 10.6. The van der Waals surface area contributed by atoms with Gasteiger partial charge in [-0.3, -0.25) is 14.9 Å². The van der Waals surface area contributed by atoms with E-state index in [1.165, 1.54) is 24.3 Å². The molecule has 0 heterocycles. The molecular weight excluding hydrogens is 284 g/mol. The van der Waals surface area contributed by atoms with Gasteiger partial charge >= 0.3 is 5.69 Å². The second-order valence-corrected chi connectivity index (χ2v) is 4.10. The Morgan fingerprint density at radius 2 is 2.00 bits per heavy atom. The van der Waals surface area contributed by atoms with Crippen molar-refractivity contribution in [3.63, 3.8) is 0 Å². The van der Waals surface area contributed by atoms with Gasteiger partial charge in [-0.05, 0) is 18.2 Å². The number of rotatable bonds is 5. The molecule has 0 aliphatic carbocycles. The van der Waals surface area contributed by atoms with Gasteiger partial charge in [-0.2, -0.15) is 0 Å². The minimum atomic E-state index is -1.08. The van der Waals surface area contributed by atoms with E-state index < -0.39 is 23.2 Å². The molecule has 0 spiro atoms. The Kier molecular flexibility index (Phi) is 4.22. The van der Waals surface area contributed by atoms with Crippen molar-refractivity contribution >= 4 is 12.0 Å². The molecule has 5 nitrogen and oxygen atoms in total. The van der Waals surface area contributed by atoms with Crippen molar-refractivity contribution in [1.82, 2.24) is 0 Å². The maximum Gasteiger partial charge on any atom is 0.310 e. The van der Waals surface area contributed by atoms with E-state index >= 15 is 0 Å². The summed E-state index contributed by atoms with van der Waals surface area (Å²) in [6.45, 7) is -0.396. The number of nitrogens with zero attached hydrogens (tertiary/aromatic N) is 1. The van der Waals surface area contributed by atoms with Crippen molar-refractivity contribution < 1.29 is 23.2 Å². The molecule has 2 aromatic rings. The van der Waals surface area contributed by atoms with Gasteiger partial charge in [0.05, 0.1) is 4.92 Å². The van der Waals surface area contributed by atoms with Crippen LogP contribution in [-0.2, 0) is 6.61 Å². The van der Waals surface area contributed by atoms with Crippen LogP contribution in [0.2, 0.25) is 0 Å². The number of aldehydes is 1. The van der Waals surface area contributed by atoms with Gasteiger partial charge in [0.1, 0.15) is 12.9 Å². The molecule has 0 aliphatic heterocycles. The van der Waals surface area contributed by atoms with Crippen molar-refractivity contribution in [2.75, 3.05) is 0 Å². The molecule has 0 atom stereocenters. The monoisotopic (exact) mass is 293 g/mol. The van der Waals surface area contributed by atoms with Crippen LogP contribution in [0.5, 0.6) is 5.75 Å². The molecule has 2 aromatic carbocycles. The maximum atomic E-state index is 13.5. The molecule has 0 bridgehead atoms. The third-order valence-electron chi connectivity index (χ3n) is 2.73. The molecule has 2 rings (SSSR count). The molecular formula is C14H9F2NO4. The van der Waals surface area contributed by atoms with Crippen LogP contribution >= 0.6 is 0 Å². The SMILES string of the molecule is O=Cc1ccc([N+](=O)[O-])c(OCc2cccc(F)c2F)c1. The number of nitro benzene ring substituents is 1. The Morgan fingerprint density at radius 3 is 2.67 bits per heavy atom. The van der Waals surface area contributed by atoms with E-state index in [4.69, 9.17) is 4.74 Å². The number of nitro groups is 1. The summed E-state index contributed by atoms with van der Waals surface area (Å²) in [6, 6.07) is 7.10. The molecule has 0 aliphatic rings. The van der Waals surface area contributed by atoms with Gasteiger partial charge in [0.15, 0.2) is 17.4 Å². The maximum absolute atomic E-state index is 13.5. The minimum Gasteiger partial charge on any atom is -0.482 e. The topological polar surface area (TPSA) is 69.4 Å². The first kappa shape index (κ1) is 14.6. The first-order chi connectivity index (χ1) is 10.0. The van der Waals surface area contributed by atoms with Crippen molar-refractivity contribution in [2.24, 2.45) is 0 Å². The van der Waals surface area contributed by atoms with Crippen LogP contribution in [0, 0.1) is 21.7 Å². The standard InChI is InChI=1S/C14H9F2NO4/c15-11-3-1-2-10(14(11)16)8-21-13-6-9(7-18)4-5-12(13)17(19)20/h1-7H,8H2. The summed E-state index contributed by atoms with van der Waals surface area (Å²) in [5.74, 6) is -2.30. The molecule has 0 amide bonds. The van der Waals surface area contributed by atoms with Gasteiger partial charge in [0.2, 0.25) is 0 Å². The summed E-state index contributed by atoms with van der Waals surface area (Å²) in [4.78, 5) is 20.8. The zero-order chi connectivity index (χ0) is 15.4. The lowest BCUT2D eigenvalue weighted by Crippen LogP contribution is -2.03. The van der Waals surface area contributed by atoms with E-state index in [1.54, 1.807) is 0 Å². The highest BCUT2D eigenvalue weighted by Gasteiger charge is 2.17. The normalized spacial score (nSPS) is 10.2. The number of ether oxygens (including phenoxy) is 1. The van der Waals surface area contributed by atoms with Crippen LogP contribution in [0.4, 0.5) is 14.5 Å². The van der Waals surface area contributed by atoms with Gasteiger partial charge in [0, 0.05) is 17.2 Å². The predicted molar refractivity (Wildman–Crippen MR) is 69.2 cm³/mol. The average Bonchev–Trinajstić information content (AvgIpc) is 2.48. The first-order valence-electron chi connectivity index (χ1n) is 5.82. The summed E-state index contributed by atoms with van der Waals surface area (Å²) in [5, 5.41) is 10.9. The highest BCUT2D eigenvalue weighted by atomic mass is 19.2. The van der Waals surface area contributed by atoms with E-state index in [9.17, 15) is 23.7 Å². The number of carbonyl (C=O) groups is 1. The zero-order valence-electron chi connectivity index (χ0n) is 10.6.